The van der Waals surface area contributed by atoms with Crippen molar-refractivity contribution in [3.8, 4) is 0 Å². The van der Waals surface area contributed by atoms with Crippen LogP contribution in [0.25, 0.3) is 0 Å². The number of halogens is 1. The van der Waals surface area contributed by atoms with Crippen LogP contribution in [0.3, 0.4) is 0 Å². The van der Waals surface area contributed by atoms with Crippen molar-refractivity contribution in [2.45, 2.75) is 0 Å². The number of benzene rings is 1. The summed E-state index contributed by atoms with van der Waals surface area (Å²) in [6, 6.07) is 7.87. The van der Waals surface area contributed by atoms with Gasteiger partial charge in [-0.05, 0) is 30.3 Å². The summed E-state index contributed by atoms with van der Waals surface area (Å²) in [5.41, 5.74) is 2.51. The van der Waals surface area contributed by atoms with Crippen molar-refractivity contribution in [2.24, 2.45) is 5.10 Å². The van der Waals surface area contributed by atoms with Gasteiger partial charge < -0.3 is 0 Å². The van der Waals surface area contributed by atoms with E-state index in [9.17, 15) is 19.3 Å². The lowest BCUT2D eigenvalue weighted by atomic mass is 10.2. The van der Waals surface area contributed by atoms with Crippen molar-refractivity contribution >= 4 is 28.5 Å². The van der Waals surface area contributed by atoms with Gasteiger partial charge in [0.05, 0.1) is 16.0 Å². The summed E-state index contributed by atoms with van der Waals surface area (Å²) >= 11 is 0.941. The van der Waals surface area contributed by atoms with Crippen molar-refractivity contribution in [3.63, 3.8) is 0 Å². The smallest absolute Gasteiger partial charge is 0.267 e. The average Bonchev–Trinajstić information content (AvgIpc) is 2.88. The highest BCUT2D eigenvalue weighted by Crippen LogP contribution is 2.22. The molecule has 1 heterocycles. The molecule has 1 amide bonds. The van der Waals surface area contributed by atoms with Crippen molar-refractivity contribution in [3.05, 3.63) is 62.8 Å². The molecule has 0 aliphatic carbocycles. The number of carbonyl (C=O) groups is 1. The van der Waals surface area contributed by atoms with Gasteiger partial charge in [0, 0.05) is 11.6 Å². The summed E-state index contributed by atoms with van der Waals surface area (Å²) in [5, 5.41) is 14.2. The average molecular weight is 293 g/mol. The summed E-state index contributed by atoms with van der Waals surface area (Å²) in [4.78, 5) is 22.1. The third kappa shape index (κ3) is 3.45. The Balaban J connectivity index is 1.97. The fraction of sp³-hybridized carbons (Fsp3) is 0. The number of nitrogens with zero attached hydrogens (tertiary/aromatic N) is 2. The first-order valence-electron chi connectivity index (χ1n) is 5.39. The second-order valence-corrected chi connectivity index (χ2v) is 4.73. The number of rotatable bonds is 4. The molecule has 0 saturated heterocycles. The fourth-order valence-electron chi connectivity index (χ4n) is 1.33. The maximum absolute atomic E-state index is 12.7. The number of amides is 1. The molecule has 8 heteroatoms. The van der Waals surface area contributed by atoms with E-state index >= 15 is 0 Å². The molecular formula is C12H8FN3O3S. The Morgan fingerprint density at radius 1 is 1.30 bits per heavy atom. The van der Waals surface area contributed by atoms with Crippen LogP contribution in [0.4, 0.5) is 9.39 Å². The van der Waals surface area contributed by atoms with Crippen molar-refractivity contribution in [1.29, 1.82) is 0 Å². The van der Waals surface area contributed by atoms with Gasteiger partial charge in [-0.2, -0.15) is 5.10 Å². The molecule has 20 heavy (non-hydrogen) atoms. The highest BCUT2D eigenvalue weighted by atomic mass is 32.1. The SMILES string of the molecule is O=C(N/N=C\c1ccc([N+](=O)[O-])s1)c1ccc(F)cc1. The van der Waals surface area contributed by atoms with Crippen LogP contribution in [0.5, 0.6) is 0 Å². The predicted octanol–water partition coefficient (Wildman–Crippen LogP) is 2.56. The van der Waals surface area contributed by atoms with E-state index in [2.05, 4.69) is 10.5 Å². The van der Waals surface area contributed by atoms with Gasteiger partial charge in [0.15, 0.2) is 0 Å². The fourth-order valence-corrected chi connectivity index (χ4v) is 2.02. The van der Waals surface area contributed by atoms with Crippen molar-refractivity contribution in [2.75, 3.05) is 0 Å². The van der Waals surface area contributed by atoms with Crippen LogP contribution >= 0.6 is 11.3 Å². The number of hydrazone groups is 1. The standard InChI is InChI=1S/C12H8FN3O3S/c13-9-3-1-8(2-4-9)12(17)15-14-7-10-5-6-11(20-10)16(18)19/h1-7H,(H,15,17)/b14-7-. The maximum Gasteiger partial charge on any atom is 0.324 e. The largest absolute Gasteiger partial charge is 0.324 e. The number of carbonyl (C=O) groups excluding carboxylic acids is 1. The molecule has 6 nitrogen and oxygen atoms in total. The number of thiophene rings is 1. The molecule has 0 atom stereocenters. The molecule has 1 aromatic carbocycles. The zero-order valence-corrected chi connectivity index (χ0v) is 10.8. The third-order valence-corrected chi connectivity index (χ3v) is 3.23. The molecule has 0 unspecified atom stereocenters. The van der Waals surface area contributed by atoms with Gasteiger partial charge in [-0.25, -0.2) is 9.82 Å². The first kappa shape index (κ1) is 13.8. The molecule has 0 bridgehead atoms. The molecule has 2 rings (SSSR count). The Labute approximate surface area is 116 Å². The van der Waals surface area contributed by atoms with E-state index in [0.29, 0.717) is 4.88 Å². The lowest BCUT2D eigenvalue weighted by molar-refractivity contribution is -0.380. The molecule has 0 saturated carbocycles. The van der Waals surface area contributed by atoms with E-state index in [1.807, 2.05) is 0 Å². The molecule has 2 aromatic rings. The van der Waals surface area contributed by atoms with E-state index in [1.54, 1.807) is 0 Å². The molecule has 102 valence electrons. The van der Waals surface area contributed by atoms with E-state index < -0.39 is 16.6 Å². The predicted molar refractivity (Wildman–Crippen MR) is 72.4 cm³/mol. The van der Waals surface area contributed by atoms with E-state index in [-0.39, 0.29) is 10.6 Å². The minimum absolute atomic E-state index is 0.00342. The van der Waals surface area contributed by atoms with Crippen molar-refractivity contribution in [1.82, 2.24) is 5.43 Å². The molecule has 0 fully saturated rings. The highest BCUT2D eigenvalue weighted by Gasteiger charge is 2.08. The van der Waals surface area contributed by atoms with Crippen molar-refractivity contribution < 1.29 is 14.1 Å². The van der Waals surface area contributed by atoms with Crippen LogP contribution in [-0.2, 0) is 0 Å². The van der Waals surface area contributed by atoms with Gasteiger partial charge in [0.1, 0.15) is 5.82 Å². The summed E-state index contributed by atoms with van der Waals surface area (Å²) in [6.45, 7) is 0. The quantitative estimate of drug-likeness (QED) is 0.534. The monoisotopic (exact) mass is 293 g/mol. The topological polar surface area (TPSA) is 84.6 Å². The number of nitrogens with one attached hydrogen (secondary N) is 1. The van der Waals surface area contributed by atoms with Crippen LogP contribution in [-0.4, -0.2) is 17.0 Å². The zero-order valence-electron chi connectivity index (χ0n) is 9.95. The maximum atomic E-state index is 12.7. The van der Waals surface area contributed by atoms with Crippen LogP contribution in [0.2, 0.25) is 0 Å². The molecule has 1 aromatic heterocycles. The van der Waals surface area contributed by atoms with Gasteiger partial charge in [-0.1, -0.05) is 11.3 Å². The molecule has 0 aliphatic rings. The molecule has 0 spiro atoms. The minimum atomic E-state index is -0.501. The number of nitro groups is 1. The Kier molecular flexibility index (Phi) is 4.16. The molecule has 0 aliphatic heterocycles. The highest BCUT2D eigenvalue weighted by molar-refractivity contribution is 7.16. The molecule has 1 N–H and O–H groups in total. The summed E-state index contributed by atoms with van der Waals surface area (Å²) in [7, 11) is 0. The minimum Gasteiger partial charge on any atom is -0.267 e. The van der Waals surface area contributed by atoms with Crippen LogP contribution in [0.1, 0.15) is 15.2 Å². The summed E-state index contributed by atoms with van der Waals surface area (Å²) in [6.07, 6.45) is 1.30. The first-order valence-corrected chi connectivity index (χ1v) is 6.21. The van der Waals surface area contributed by atoms with Crippen LogP contribution < -0.4 is 5.43 Å². The lowest BCUT2D eigenvalue weighted by Crippen LogP contribution is -2.17. The number of hydrogen-bond donors (Lipinski definition) is 1. The Morgan fingerprint density at radius 3 is 2.60 bits per heavy atom. The second kappa shape index (κ2) is 6.02. The Morgan fingerprint density at radius 2 is 2.00 bits per heavy atom. The van der Waals surface area contributed by atoms with E-state index in [0.717, 1.165) is 11.3 Å². The Hall–Kier alpha value is -2.61. The van der Waals surface area contributed by atoms with Gasteiger partial charge in [0.25, 0.3) is 5.91 Å². The molecule has 0 radical (unpaired) electrons. The molecular weight excluding hydrogens is 285 g/mol. The normalized spacial score (nSPS) is 10.7. The van der Waals surface area contributed by atoms with Gasteiger partial charge in [-0.3, -0.25) is 14.9 Å². The van der Waals surface area contributed by atoms with E-state index in [1.165, 1.54) is 42.6 Å². The second-order valence-electron chi connectivity index (χ2n) is 3.64. The summed E-state index contributed by atoms with van der Waals surface area (Å²) < 4.78 is 12.7. The lowest BCUT2D eigenvalue weighted by Gasteiger charge is -1.98. The zero-order chi connectivity index (χ0) is 14.5. The van der Waals surface area contributed by atoms with Gasteiger partial charge in [-0.15, -0.1) is 0 Å². The van der Waals surface area contributed by atoms with Crippen LogP contribution in [0, 0.1) is 15.9 Å². The first-order chi connectivity index (χ1) is 9.56. The van der Waals surface area contributed by atoms with E-state index in [4.69, 9.17) is 0 Å². The number of hydrogen-bond acceptors (Lipinski definition) is 5. The Bertz CT molecular complexity index is 667. The summed E-state index contributed by atoms with van der Waals surface area (Å²) in [5.74, 6) is -0.928. The van der Waals surface area contributed by atoms with Gasteiger partial charge >= 0.3 is 5.00 Å². The van der Waals surface area contributed by atoms with Crippen LogP contribution in [0.15, 0.2) is 41.5 Å². The third-order valence-electron chi connectivity index (χ3n) is 2.26. The van der Waals surface area contributed by atoms with Gasteiger partial charge in [0.2, 0.25) is 0 Å².